The van der Waals surface area contributed by atoms with Gasteiger partial charge in [-0.2, -0.15) is 0 Å². The summed E-state index contributed by atoms with van der Waals surface area (Å²) in [6.45, 7) is 4.44. The maximum absolute atomic E-state index is 12.1. The van der Waals surface area contributed by atoms with E-state index in [2.05, 4.69) is 4.98 Å². The van der Waals surface area contributed by atoms with E-state index in [-0.39, 0.29) is 16.8 Å². The molecule has 0 fully saturated rings. The van der Waals surface area contributed by atoms with Crippen LogP contribution in [0.3, 0.4) is 0 Å². The summed E-state index contributed by atoms with van der Waals surface area (Å²) in [5.74, 6) is 0. The van der Waals surface area contributed by atoms with E-state index >= 15 is 0 Å². The van der Waals surface area contributed by atoms with Gasteiger partial charge >= 0.3 is 11.4 Å². The van der Waals surface area contributed by atoms with Crippen molar-refractivity contribution < 1.29 is 0 Å². The largest absolute Gasteiger partial charge is 0.330 e. The number of unbranched alkanes of at least 4 members (excludes halogenated alkanes) is 2. The summed E-state index contributed by atoms with van der Waals surface area (Å²) < 4.78 is 4.16. The van der Waals surface area contributed by atoms with Crippen LogP contribution in [-0.4, -0.2) is 18.7 Å². The Balaban J connectivity index is 1.93. The Morgan fingerprint density at radius 3 is 2.38 bits per heavy atom. The van der Waals surface area contributed by atoms with Crippen LogP contribution in [-0.2, 0) is 20.1 Å². The molecule has 0 unspecified atom stereocenters. The van der Waals surface area contributed by atoms with Crippen LogP contribution in [0.15, 0.2) is 31.4 Å². The van der Waals surface area contributed by atoms with E-state index < -0.39 is 5.69 Å². The van der Waals surface area contributed by atoms with Crippen LogP contribution in [0.5, 0.6) is 0 Å². The molecule has 0 atom stereocenters. The van der Waals surface area contributed by atoms with Crippen molar-refractivity contribution in [3.8, 4) is 0 Å². The van der Waals surface area contributed by atoms with E-state index in [1.165, 1.54) is 17.7 Å². The Hall–Kier alpha value is -2.64. The number of nitrogens with zero attached hydrogens (tertiary/aromatic N) is 3. The highest BCUT2D eigenvalue weighted by Crippen LogP contribution is 2.01. The summed E-state index contributed by atoms with van der Waals surface area (Å²) in [5, 5.41) is 0. The van der Waals surface area contributed by atoms with Gasteiger partial charge in [-0.05, 0) is 33.1 Å². The molecule has 24 heavy (non-hydrogen) atoms. The average Bonchev–Trinajstić information content (AvgIpc) is 2.52. The third-order valence-electron chi connectivity index (χ3n) is 4.08. The van der Waals surface area contributed by atoms with E-state index in [1.807, 2.05) is 0 Å². The molecule has 0 bridgehead atoms. The topological polar surface area (TPSA) is 98.9 Å². The van der Waals surface area contributed by atoms with E-state index in [4.69, 9.17) is 0 Å². The maximum atomic E-state index is 12.1. The van der Waals surface area contributed by atoms with Crippen LogP contribution in [0.1, 0.15) is 30.5 Å². The second kappa shape index (κ2) is 7.29. The summed E-state index contributed by atoms with van der Waals surface area (Å²) in [6, 6.07) is 1.45. The number of aromatic nitrogens is 4. The molecule has 2 aromatic rings. The Morgan fingerprint density at radius 2 is 1.67 bits per heavy atom. The minimum atomic E-state index is -0.407. The SMILES string of the molecule is Cc1cn(CCCCCn2c(C)cc(=O)n(C)c2=O)c(=O)[nH]c1=O. The molecule has 0 aromatic carbocycles. The van der Waals surface area contributed by atoms with Gasteiger partial charge in [-0.1, -0.05) is 0 Å². The van der Waals surface area contributed by atoms with E-state index in [9.17, 15) is 19.2 Å². The molecule has 0 radical (unpaired) electrons. The summed E-state index contributed by atoms with van der Waals surface area (Å²) in [4.78, 5) is 48.8. The molecule has 130 valence electrons. The van der Waals surface area contributed by atoms with Crippen molar-refractivity contribution in [2.75, 3.05) is 0 Å². The normalized spacial score (nSPS) is 11.0. The Labute approximate surface area is 138 Å². The second-order valence-corrected chi connectivity index (χ2v) is 5.94. The first kappa shape index (κ1) is 17.7. The molecule has 1 N–H and O–H groups in total. The molecule has 0 spiro atoms. The fourth-order valence-corrected chi connectivity index (χ4v) is 2.57. The summed E-state index contributed by atoms with van der Waals surface area (Å²) in [7, 11) is 1.46. The average molecular weight is 334 g/mol. The molecule has 0 aliphatic carbocycles. The molecule has 2 aromatic heterocycles. The highest BCUT2D eigenvalue weighted by atomic mass is 16.2. The van der Waals surface area contributed by atoms with Gasteiger partial charge in [-0.15, -0.1) is 0 Å². The molecule has 2 heterocycles. The fraction of sp³-hybridized carbons (Fsp3) is 0.500. The smallest absolute Gasteiger partial charge is 0.300 e. The van der Waals surface area contributed by atoms with Crippen LogP contribution in [0.4, 0.5) is 0 Å². The standard InChI is InChI=1S/C16H22N4O4/c1-11-10-19(15(23)17-14(11)22)7-5-4-6-8-20-12(2)9-13(21)18(3)16(20)24/h9-10H,4-8H2,1-3H3,(H,17,22,23). The molecular weight excluding hydrogens is 312 g/mol. The fourth-order valence-electron chi connectivity index (χ4n) is 2.57. The van der Waals surface area contributed by atoms with E-state index in [1.54, 1.807) is 24.6 Å². The van der Waals surface area contributed by atoms with Crippen molar-refractivity contribution in [3.63, 3.8) is 0 Å². The highest BCUT2D eigenvalue weighted by molar-refractivity contribution is 5.01. The molecule has 0 aliphatic heterocycles. The van der Waals surface area contributed by atoms with Gasteiger partial charge in [0, 0.05) is 43.7 Å². The lowest BCUT2D eigenvalue weighted by molar-refractivity contribution is 0.505. The quantitative estimate of drug-likeness (QED) is 0.745. The first-order chi connectivity index (χ1) is 11.3. The zero-order chi connectivity index (χ0) is 17.9. The number of H-pyrrole nitrogens is 1. The van der Waals surface area contributed by atoms with Crippen molar-refractivity contribution in [2.45, 2.75) is 46.2 Å². The first-order valence-electron chi connectivity index (χ1n) is 7.89. The van der Waals surface area contributed by atoms with Crippen molar-refractivity contribution >= 4 is 0 Å². The van der Waals surface area contributed by atoms with Crippen molar-refractivity contribution in [3.05, 3.63) is 65.2 Å². The minimum absolute atomic E-state index is 0.304. The van der Waals surface area contributed by atoms with Crippen molar-refractivity contribution in [1.29, 1.82) is 0 Å². The lowest BCUT2D eigenvalue weighted by atomic mass is 10.2. The van der Waals surface area contributed by atoms with Crippen LogP contribution < -0.4 is 22.5 Å². The number of aromatic amines is 1. The van der Waals surface area contributed by atoms with Gasteiger partial charge in [0.15, 0.2) is 0 Å². The van der Waals surface area contributed by atoms with Crippen molar-refractivity contribution in [1.82, 2.24) is 18.7 Å². The van der Waals surface area contributed by atoms with Crippen LogP contribution in [0.2, 0.25) is 0 Å². The highest BCUT2D eigenvalue weighted by Gasteiger charge is 2.06. The van der Waals surface area contributed by atoms with Crippen molar-refractivity contribution in [2.24, 2.45) is 7.05 Å². The zero-order valence-corrected chi connectivity index (χ0v) is 14.2. The van der Waals surface area contributed by atoms with Gasteiger partial charge in [-0.25, -0.2) is 9.59 Å². The molecule has 0 aliphatic rings. The van der Waals surface area contributed by atoms with Gasteiger partial charge < -0.3 is 4.57 Å². The number of nitrogens with one attached hydrogen (secondary N) is 1. The van der Waals surface area contributed by atoms with Crippen LogP contribution in [0.25, 0.3) is 0 Å². The number of rotatable bonds is 6. The molecule has 8 nitrogen and oxygen atoms in total. The minimum Gasteiger partial charge on any atom is -0.300 e. The maximum Gasteiger partial charge on any atom is 0.330 e. The van der Waals surface area contributed by atoms with Gasteiger partial charge in [0.05, 0.1) is 0 Å². The number of hydrogen-bond acceptors (Lipinski definition) is 4. The van der Waals surface area contributed by atoms with Crippen LogP contribution >= 0.6 is 0 Å². The monoisotopic (exact) mass is 334 g/mol. The van der Waals surface area contributed by atoms with Gasteiger partial charge in [0.25, 0.3) is 11.1 Å². The van der Waals surface area contributed by atoms with E-state index in [0.29, 0.717) is 24.3 Å². The molecule has 8 heteroatoms. The lowest BCUT2D eigenvalue weighted by Crippen LogP contribution is -2.38. The van der Waals surface area contributed by atoms with Crippen LogP contribution in [0, 0.1) is 13.8 Å². The lowest BCUT2D eigenvalue weighted by Gasteiger charge is -2.11. The third kappa shape index (κ3) is 3.81. The van der Waals surface area contributed by atoms with Gasteiger partial charge in [-0.3, -0.25) is 23.7 Å². The zero-order valence-electron chi connectivity index (χ0n) is 14.2. The van der Waals surface area contributed by atoms with Gasteiger partial charge in [0.2, 0.25) is 0 Å². The molecule has 2 rings (SSSR count). The molecule has 0 saturated heterocycles. The second-order valence-electron chi connectivity index (χ2n) is 5.94. The van der Waals surface area contributed by atoms with E-state index in [0.717, 1.165) is 23.8 Å². The number of aryl methyl sites for hydroxylation is 3. The molecule has 0 amide bonds. The Bertz CT molecular complexity index is 962. The summed E-state index contributed by atoms with van der Waals surface area (Å²) in [5.41, 5.74) is -0.233. The predicted octanol–water partition coefficient (Wildman–Crippen LogP) is -0.116. The summed E-state index contributed by atoms with van der Waals surface area (Å²) >= 11 is 0. The Morgan fingerprint density at radius 1 is 1.00 bits per heavy atom. The summed E-state index contributed by atoms with van der Waals surface area (Å²) in [6.07, 6.45) is 3.89. The molecule has 0 saturated carbocycles. The Kier molecular flexibility index (Phi) is 5.38. The molecular formula is C16H22N4O4. The predicted molar refractivity (Wildman–Crippen MR) is 90.6 cm³/mol. The third-order valence-corrected chi connectivity index (χ3v) is 4.08. The van der Waals surface area contributed by atoms with Gasteiger partial charge in [0.1, 0.15) is 0 Å². The number of hydrogen-bond donors (Lipinski definition) is 1. The first-order valence-corrected chi connectivity index (χ1v) is 7.89.